The van der Waals surface area contributed by atoms with Gasteiger partial charge in [-0.05, 0) is 18.6 Å². The smallest absolute Gasteiger partial charge is 0.245 e. The predicted octanol–water partition coefficient (Wildman–Crippen LogP) is 2.55. The van der Waals surface area contributed by atoms with E-state index in [-0.39, 0.29) is 36.8 Å². The van der Waals surface area contributed by atoms with Crippen LogP contribution in [-0.2, 0) is 11.3 Å². The molecule has 1 amide bonds. The first-order chi connectivity index (χ1) is 10.2. The van der Waals surface area contributed by atoms with E-state index in [4.69, 9.17) is 0 Å². The van der Waals surface area contributed by atoms with Gasteiger partial charge in [-0.15, -0.1) is 24.8 Å². The second-order valence-electron chi connectivity index (χ2n) is 5.06. The summed E-state index contributed by atoms with van der Waals surface area (Å²) < 4.78 is 2.05. The van der Waals surface area contributed by atoms with E-state index in [2.05, 4.69) is 20.2 Å². The van der Waals surface area contributed by atoms with Gasteiger partial charge in [-0.2, -0.15) is 0 Å². The number of aryl methyl sites for hydroxylation is 1. The molecule has 0 bridgehead atoms. The molecule has 1 atom stereocenters. The molecule has 0 aliphatic carbocycles. The monoisotopic (exact) mass is 354 g/mol. The molecule has 23 heavy (non-hydrogen) atoms. The Hall–Kier alpha value is -1.82. The van der Waals surface area contributed by atoms with Crippen LogP contribution in [0.1, 0.15) is 11.4 Å². The molecule has 5 nitrogen and oxygen atoms in total. The van der Waals surface area contributed by atoms with Crippen LogP contribution in [0.2, 0.25) is 0 Å². The highest BCUT2D eigenvalue weighted by Gasteiger charge is 2.18. The third-order valence-electron chi connectivity index (χ3n) is 3.61. The van der Waals surface area contributed by atoms with Gasteiger partial charge >= 0.3 is 0 Å². The number of nitrogens with one attached hydrogen (secondary N) is 2. The number of para-hydroxylation sites is 1. The van der Waals surface area contributed by atoms with E-state index in [1.54, 1.807) is 6.20 Å². The molecule has 2 heterocycles. The largest absolute Gasteiger partial charge is 0.331 e. The molecule has 0 radical (unpaired) electrons. The second kappa shape index (κ2) is 8.72. The van der Waals surface area contributed by atoms with Crippen LogP contribution in [0.3, 0.4) is 0 Å². The van der Waals surface area contributed by atoms with Crippen molar-refractivity contribution in [2.24, 2.45) is 0 Å². The summed E-state index contributed by atoms with van der Waals surface area (Å²) in [5.41, 5.74) is 1.91. The maximum atomic E-state index is 12.2. The minimum atomic E-state index is -0.243. The summed E-state index contributed by atoms with van der Waals surface area (Å²) in [6.07, 6.45) is 7.57. The van der Waals surface area contributed by atoms with Crippen LogP contribution in [0, 0.1) is 6.92 Å². The normalized spacial score (nSPS) is 15.6. The number of rotatable bonds is 4. The van der Waals surface area contributed by atoms with Gasteiger partial charge in [-0.25, -0.2) is 4.98 Å². The lowest BCUT2D eigenvalue weighted by Crippen LogP contribution is -2.35. The van der Waals surface area contributed by atoms with Crippen LogP contribution in [0.15, 0.2) is 48.8 Å². The van der Waals surface area contributed by atoms with E-state index in [0.29, 0.717) is 6.54 Å². The quantitative estimate of drug-likeness (QED) is 0.829. The fourth-order valence-electron chi connectivity index (χ4n) is 2.39. The first-order valence-electron chi connectivity index (χ1n) is 7.00. The second-order valence-corrected chi connectivity index (χ2v) is 5.06. The molecule has 1 aliphatic heterocycles. The number of carbonyl (C=O) groups is 1. The van der Waals surface area contributed by atoms with E-state index in [1.165, 1.54) is 0 Å². The average Bonchev–Trinajstić information content (AvgIpc) is 3.13. The molecule has 0 spiro atoms. The van der Waals surface area contributed by atoms with Crippen molar-refractivity contribution in [2.45, 2.75) is 19.5 Å². The zero-order chi connectivity index (χ0) is 14.7. The van der Waals surface area contributed by atoms with Crippen LogP contribution in [0.4, 0.5) is 5.69 Å². The standard InChI is InChI=1S/C16H18N4O.2ClH/c1-12-17-9-10-20(12)11-13-5-2-3-6-14(13)19-16(21)15-7-4-8-18-15;;/h2-7,9-10,15,18H,8,11H2,1H3,(H,19,21);2*1H. The number of carbonyl (C=O) groups excluding carboxylic acids is 1. The molecule has 2 aromatic rings. The number of halogens is 2. The topological polar surface area (TPSA) is 59.0 Å². The van der Waals surface area contributed by atoms with Crippen molar-refractivity contribution in [3.8, 4) is 0 Å². The van der Waals surface area contributed by atoms with Crippen LogP contribution in [0.25, 0.3) is 0 Å². The van der Waals surface area contributed by atoms with Gasteiger partial charge in [0, 0.05) is 24.6 Å². The molecule has 7 heteroatoms. The molecule has 2 N–H and O–H groups in total. The highest BCUT2D eigenvalue weighted by atomic mass is 35.5. The third kappa shape index (κ3) is 4.58. The number of anilines is 1. The van der Waals surface area contributed by atoms with Crippen molar-refractivity contribution in [2.75, 3.05) is 11.9 Å². The Bertz CT molecular complexity index is 684. The Morgan fingerprint density at radius 1 is 1.39 bits per heavy atom. The highest BCUT2D eigenvalue weighted by Crippen LogP contribution is 2.17. The summed E-state index contributed by atoms with van der Waals surface area (Å²) in [5, 5.41) is 6.11. The van der Waals surface area contributed by atoms with Gasteiger partial charge in [-0.3, -0.25) is 10.1 Å². The maximum absolute atomic E-state index is 12.2. The summed E-state index contributed by atoms with van der Waals surface area (Å²) in [6, 6.07) is 7.61. The highest BCUT2D eigenvalue weighted by molar-refractivity contribution is 5.97. The molecule has 1 aliphatic rings. The Kier molecular flexibility index (Phi) is 7.29. The number of nitrogens with zero attached hydrogens (tertiary/aromatic N) is 2. The fraction of sp³-hybridized carbons (Fsp3) is 0.250. The zero-order valence-corrected chi connectivity index (χ0v) is 14.4. The number of imidazole rings is 1. The van der Waals surface area contributed by atoms with Gasteiger partial charge in [0.1, 0.15) is 11.9 Å². The van der Waals surface area contributed by atoms with Gasteiger partial charge in [0.15, 0.2) is 0 Å². The van der Waals surface area contributed by atoms with E-state index in [0.717, 1.165) is 23.6 Å². The Balaban J connectivity index is 0.00000132. The van der Waals surface area contributed by atoms with Crippen LogP contribution >= 0.6 is 24.8 Å². The summed E-state index contributed by atoms with van der Waals surface area (Å²) in [7, 11) is 0. The summed E-state index contributed by atoms with van der Waals surface area (Å²) in [4.78, 5) is 16.4. The van der Waals surface area contributed by atoms with Gasteiger partial charge in [0.05, 0.1) is 6.54 Å². The molecule has 0 saturated carbocycles. The summed E-state index contributed by atoms with van der Waals surface area (Å²) >= 11 is 0. The van der Waals surface area contributed by atoms with E-state index in [9.17, 15) is 4.79 Å². The lowest BCUT2D eigenvalue weighted by Gasteiger charge is -2.14. The molecular weight excluding hydrogens is 335 g/mol. The number of benzene rings is 1. The van der Waals surface area contributed by atoms with Crippen LogP contribution in [-0.4, -0.2) is 28.0 Å². The molecule has 3 rings (SSSR count). The lowest BCUT2D eigenvalue weighted by molar-refractivity contribution is -0.116. The third-order valence-corrected chi connectivity index (χ3v) is 3.61. The Morgan fingerprint density at radius 3 is 2.83 bits per heavy atom. The van der Waals surface area contributed by atoms with Crippen molar-refractivity contribution in [3.63, 3.8) is 0 Å². The minimum absolute atomic E-state index is 0. The first kappa shape index (κ1) is 19.2. The molecule has 0 saturated heterocycles. The first-order valence-corrected chi connectivity index (χ1v) is 7.00. The Labute approximate surface area is 148 Å². The van der Waals surface area contributed by atoms with Crippen molar-refractivity contribution < 1.29 is 4.79 Å². The Morgan fingerprint density at radius 2 is 2.17 bits per heavy atom. The molecule has 1 aromatic carbocycles. The zero-order valence-electron chi connectivity index (χ0n) is 12.7. The van der Waals surface area contributed by atoms with Crippen molar-refractivity contribution >= 4 is 36.4 Å². The molecule has 1 unspecified atom stereocenters. The van der Waals surface area contributed by atoms with Crippen LogP contribution in [0.5, 0.6) is 0 Å². The van der Waals surface area contributed by atoms with E-state index >= 15 is 0 Å². The molecular formula is C16H20Cl2N4O. The predicted molar refractivity (Wildman–Crippen MR) is 96.6 cm³/mol. The fourth-order valence-corrected chi connectivity index (χ4v) is 2.39. The average molecular weight is 355 g/mol. The van der Waals surface area contributed by atoms with Gasteiger partial charge < -0.3 is 9.88 Å². The minimum Gasteiger partial charge on any atom is -0.331 e. The summed E-state index contributed by atoms with van der Waals surface area (Å²) in [5.74, 6) is 0.926. The number of hydrogen-bond acceptors (Lipinski definition) is 3. The number of amides is 1. The van der Waals surface area contributed by atoms with Crippen molar-refractivity contribution in [1.29, 1.82) is 0 Å². The molecule has 0 fully saturated rings. The number of hydrogen-bond donors (Lipinski definition) is 2. The van der Waals surface area contributed by atoms with E-state index in [1.807, 2.05) is 49.5 Å². The number of aromatic nitrogens is 2. The maximum Gasteiger partial charge on any atom is 0.245 e. The molecule has 124 valence electrons. The van der Waals surface area contributed by atoms with Gasteiger partial charge in [0.2, 0.25) is 5.91 Å². The van der Waals surface area contributed by atoms with Gasteiger partial charge in [0.25, 0.3) is 0 Å². The van der Waals surface area contributed by atoms with Crippen LogP contribution < -0.4 is 10.6 Å². The van der Waals surface area contributed by atoms with Crippen molar-refractivity contribution in [1.82, 2.24) is 14.9 Å². The van der Waals surface area contributed by atoms with Crippen molar-refractivity contribution in [3.05, 3.63) is 60.2 Å². The van der Waals surface area contributed by atoms with E-state index < -0.39 is 0 Å². The SMILES string of the molecule is Cc1nccn1Cc1ccccc1NC(=O)C1C=CCN1.Cl.Cl. The lowest BCUT2D eigenvalue weighted by atomic mass is 10.1. The summed E-state index contributed by atoms with van der Waals surface area (Å²) in [6.45, 7) is 3.40. The van der Waals surface area contributed by atoms with Gasteiger partial charge in [-0.1, -0.05) is 30.4 Å². The molecule has 1 aromatic heterocycles.